The lowest BCUT2D eigenvalue weighted by Gasteiger charge is -1.87. The van der Waals surface area contributed by atoms with E-state index < -0.39 is 0 Å². The Morgan fingerprint density at radius 2 is 2.36 bits per heavy atom. The molecule has 1 heterocycles. The molecule has 0 saturated carbocycles. The largest absolute Gasteiger partial charge is 0.356 e. The zero-order chi connectivity index (χ0) is 7.68. The smallest absolute Gasteiger partial charge is 0.177 e. The minimum atomic E-state index is 0.542. The number of para-hydroxylation sites is 1. The lowest BCUT2D eigenvalue weighted by Crippen LogP contribution is -1.77. The number of fused-ring (bicyclic) bond motifs is 1. The van der Waals surface area contributed by atoms with Gasteiger partial charge in [-0.15, -0.1) is 0 Å². The third-order valence-electron chi connectivity index (χ3n) is 1.54. The van der Waals surface area contributed by atoms with Crippen LogP contribution in [-0.4, -0.2) is 11.4 Å². The van der Waals surface area contributed by atoms with Gasteiger partial charge in [0.2, 0.25) is 0 Å². The fraction of sp³-hybridized carbons (Fsp3) is 0. The number of carbonyl (C=O) groups excluding carboxylic acids is 1. The van der Waals surface area contributed by atoms with Crippen LogP contribution in [0.15, 0.2) is 28.9 Å². The SMILES string of the molecule is O=Cc1cccc2cnoc12. The molecule has 3 nitrogen and oxygen atoms in total. The number of hydrogen-bond acceptors (Lipinski definition) is 3. The topological polar surface area (TPSA) is 43.1 Å². The number of benzene rings is 1. The Kier molecular flexibility index (Phi) is 1.22. The van der Waals surface area contributed by atoms with Crippen LogP contribution >= 0.6 is 0 Å². The second kappa shape index (κ2) is 2.20. The van der Waals surface area contributed by atoms with E-state index in [4.69, 9.17) is 4.52 Å². The van der Waals surface area contributed by atoms with Crippen LogP contribution in [-0.2, 0) is 0 Å². The molecule has 0 bridgehead atoms. The van der Waals surface area contributed by atoms with E-state index in [1.807, 2.05) is 6.07 Å². The van der Waals surface area contributed by atoms with Crippen molar-refractivity contribution in [1.29, 1.82) is 0 Å². The van der Waals surface area contributed by atoms with E-state index in [0.717, 1.165) is 11.7 Å². The highest BCUT2D eigenvalue weighted by Crippen LogP contribution is 2.15. The van der Waals surface area contributed by atoms with Crippen LogP contribution in [0.1, 0.15) is 10.4 Å². The minimum Gasteiger partial charge on any atom is -0.356 e. The van der Waals surface area contributed by atoms with Crippen molar-refractivity contribution in [3.63, 3.8) is 0 Å². The molecule has 0 amide bonds. The molecule has 0 radical (unpaired) electrons. The molecule has 0 aliphatic carbocycles. The summed E-state index contributed by atoms with van der Waals surface area (Å²) in [6.45, 7) is 0. The molecule has 0 aliphatic rings. The summed E-state index contributed by atoms with van der Waals surface area (Å²) >= 11 is 0. The van der Waals surface area contributed by atoms with Gasteiger partial charge in [0.1, 0.15) is 0 Å². The van der Waals surface area contributed by atoms with Gasteiger partial charge in [0.05, 0.1) is 11.8 Å². The number of rotatable bonds is 1. The highest BCUT2D eigenvalue weighted by atomic mass is 16.5. The van der Waals surface area contributed by atoms with Crippen molar-refractivity contribution in [2.24, 2.45) is 0 Å². The molecule has 2 rings (SSSR count). The second-order valence-electron chi connectivity index (χ2n) is 2.21. The summed E-state index contributed by atoms with van der Waals surface area (Å²) in [5, 5.41) is 4.43. The van der Waals surface area contributed by atoms with Crippen LogP contribution in [0.2, 0.25) is 0 Å². The maximum atomic E-state index is 10.4. The van der Waals surface area contributed by atoms with Crippen molar-refractivity contribution in [2.75, 3.05) is 0 Å². The van der Waals surface area contributed by atoms with E-state index in [-0.39, 0.29) is 0 Å². The lowest BCUT2D eigenvalue weighted by atomic mass is 10.2. The zero-order valence-corrected chi connectivity index (χ0v) is 5.65. The predicted octanol–water partition coefficient (Wildman–Crippen LogP) is 1.64. The van der Waals surface area contributed by atoms with Gasteiger partial charge in [0.15, 0.2) is 11.9 Å². The first-order valence-corrected chi connectivity index (χ1v) is 3.20. The molecule has 11 heavy (non-hydrogen) atoms. The highest BCUT2D eigenvalue weighted by Gasteiger charge is 2.02. The van der Waals surface area contributed by atoms with E-state index in [1.54, 1.807) is 18.3 Å². The molecule has 1 aromatic heterocycles. The van der Waals surface area contributed by atoms with Crippen molar-refractivity contribution in [2.45, 2.75) is 0 Å². The second-order valence-corrected chi connectivity index (χ2v) is 2.21. The average molecular weight is 147 g/mol. The fourth-order valence-electron chi connectivity index (χ4n) is 1.01. The van der Waals surface area contributed by atoms with Gasteiger partial charge in [-0.05, 0) is 12.1 Å². The third-order valence-corrected chi connectivity index (χ3v) is 1.54. The summed E-state index contributed by atoms with van der Waals surface area (Å²) in [4.78, 5) is 10.4. The maximum Gasteiger partial charge on any atom is 0.177 e. The quantitative estimate of drug-likeness (QED) is 0.576. The molecule has 0 spiro atoms. The van der Waals surface area contributed by atoms with Crippen molar-refractivity contribution in [3.05, 3.63) is 30.0 Å². The first-order chi connectivity index (χ1) is 5.42. The van der Waals surface area contributed by atoms with Crippen molar-refractivity contribution >= 4 is 17.3 Å². The van der Waals surface area contributed by atoms with Crippen molar-refractivity contribution in [3.8, 4) is 0 Å². The molecule has 3 heteroatoms. The summed E-state index contributed by atoms with van der Waals surface area (Å²) < 4.78 is 4.86. The van der Waals surface area contributed by atoms with E-state index in [2.05, 4.69) is 5.16 Å². The molecule has 0 atom stereocenters. The minimum absolute atomic E-state index is 0.542. The summed E-state index contributed by atoms with van der Waals surface area (Å²) in [5.74, 6) is 0. The van der Waals surface area contributed by atoms with Crippen LogP contribution < -0.4 is 0 Å². The number of nitrogens with zero attached hydrogens (tertiary/aromatic N) is 1. The highest BCUT2D eigenvalue weighted by molar-refractivity contribution is 5.93. The van der Waals surface area contributed by atoms with Gasteiger partial charge in [-0.2, -0.15) is 0 Å². The molecular weight excluding hydrogens is 142 g/mol. The van der Waals surface area contributed by atoms with Gasteiger partial charge >= 0.3 is 0 Å². The average Bonchev–Trinajstić information content (AvgIpc) is 2.50. The molecule has 0 fully saturated rings. The van der Waals surface area contributed by atoms with Gasteiger partial charge in [-0.25, -0.2) is 0 Å². The molecule has 1 aromatic carbocycles. The normalized spacial score (nSPS) is 10.2. The summed E-state index contributed by atoms with van der Waals surface area (Å²) in [6.07, 6.45) is 2.34. The summed E-state index contributed by atoms with van der Waals surface area (Å²) in [6, 6.07) is 5.34. The van der Waals surface area contributed by atoms with E-state index in [9.17, 15) is 4.79 Å². The third kappa shape index (κ3) is 0.816. The number of aldehydes is 1. The molecule has 0 N–H and O–H groups in total. The number of aromatic nitrogens is 1. The van der Waals surface area contributed by atoms with Gasteiger partial charge in [0, 0.05) is 5.39 Å². The Morgan fingerprint density at radius 1 is 1.45 bits per heavy atom. The molecule has 2 aromatic rings. The van der Waals surface area contributed by atoms with Gasteiger partial charge in [-0.3, -0.25) is 4.79 Å². The van der Waals surface area contributed by atoms with Crippen LogP contribution in [0, 0.1) is 0 Å². The zero-order valence-electron chi connectivity index (χ0n) is 5.65. The summed E-state index contributed by atoms with van der Waals surface area (Å²) in [5.41, 5.74) is 1.10. The molecule has 0 aliphatic heterocycles. The van der Waals surface area contributed by atoms with Crippen LogP contribution in [0.4, 0.5) is 0 Å². The Balaban J connectivity index is 2.88. The molecule has 54 valence electrons. The van der Waals surface area contributed by atoms with Gasteiger partial charge in [-0.1, -0.05) is 11.2 Å². The molecule has 0 saturated heterocycles. The van der Waals surface area contributed by atoms with Gasteiger partial charge < -0.3 is 4.52 Å². The Morgan fingerprint density at radius 3 is 3.18 bits per heavy atom. The Labute approximate surface area is 62.6 Å². The monoisotopic (exact) mass is 147 g/mol. The lowest BCUT2D eigenvalue weighted by molar-refractivity contribution is 0.112. The first-order valence-electron chi connectivity index (χ1n) is 3.20. The summed E-state index contributed by atoms with van der Waals surface area (Å²) in [7, 11) is 0. The molecule has 0 unspecified atom stereocenters. The van der Waals surface area contributed by atoms with Gasteiger partial charge in [0.25, 0.3) is 0 Å². The van der Waals surface area contributed by atoms with E-state index >= 15 is 0 Å². The van der Waals surface area contributed by atoms with Crippen LogP contribution in [0.25, 0.3) is 11.0 Å². The van der Waals surface area contributed by atoms with Crippen LogP contribution in [0.3, 0.4) is 0 Å². The van der Waals surface area contributed by atoms with Crippen LogP contribution in [0.5, 0.6) is 0 Å². The Hall–Kier alpha value is -1.64. The molecular formula is C8H5NO2. The Bertz CT molecular complexity index is 392. The van der Waals surface area contributed by atoms with E-state index in [1.165, 1.54) is 0 Å². The predicted molar refractivity (Wildman–Crippen MR) is 39.4 cm³/mol. The first kappa shape index (κ1) is 6.09. The van der Waals surface area contributed by atoms with Crippen molar-refractivity contribution < 1.29 is 9.32 Å². The number of carbonyl (C=O) groups is 1. The fourth-order valence-corrected chi connectivity index (χ4v) is 1.01. The number of hydrogen-bond donors (Lipinski definition) is 0. The van der Waals surface area contributed by atoms with E-state index in [0.29, 0.717) is 11.1 Å². The maximum absolute atomic E-state index is 10.4. The standard InChI is InChI=1S/C8H5NO2/c10-5-7-3-1-2-6-4-9-11-8(6)7/h1-5H. The van der Waals surface area contributed by atoms with Crippen molar-refractivity contribution in [1.82, 2.24) is 5.16 Å².